The third-order valence-electron chi connectivity index (χ3n) is 5.63. The highest BCUT2D eigenvalue weighted by molar-refractivity contribution is 7.89. The monoisotopic (exact) mass is 378 g/mol. The van der Waals surface area contributed by atoms with Gasteiger partial charge in [-0.05, 0) is 49.8 Å². The fourth-order valence-corrected chi connectivity index (χ4v) is 5.35. The average Bonchev–Trinajstić information content (AvgIpc) is 3.38. The number of sulfonamides is 1. The number of ether oxygens (including phenoxy) is 2. The number of hydrogen-bond acceptors (Lipinski definition) is 5. The van der Waals surface area contributed by atoms with Crippen molar-refractivity contribution in [3.63, 3.8) is 0 Å². The van der Waals surface area contributed by atoms with E-state index in [1.165, 1.54) is 4.31 Å². The third-order valence-corrected chi connectivity index (χ3v) is 7.52. The van der Waals surface area contributed by atoms with Crippen molar-refractivity contribution in [1.82, 2.24) is 4.31 Å². The van der Waals surface area contributed by atoms with Crippen molar-refractivity contribution in [1.29, 1.82) is 0 Å². The molecule has 140 valence electrons. The van der Waals surface area contributed by atoms with E-state index in [4.69, 9.17) is 9.47 Å². The number of fused-ring (bicyclic) bond motifs is 2. The number of carbonyl (C=O) groups excluding carboxylic acids is 1. The van der Waals surface area contributed by atoms with Crippen molar-refractivity contribution in [2.75, 3.05) is 37.7 Å². The molecule has 0 bridgehead atoms. The zero-order valence-electron chi connectivity index (χ0n) is 14.5. The molecule has 3 heterocycles. The summed E-state index contributed by atoms with van der Waals surface area (Å²) >= 11 is 0. The number of hydrogen-bond donors (Lipinski definition) is 0. The van der Waals surface area contributed by atoms with Gasteiger partial charge in [0.2, 0.25) is 10.0 Å². The Labute approximate surface area is 152 Å². The summed E-state index contributed by atoms with van der Waals surface area (Å²) in [6.45, 7) is 2.57. The Balaban J connectivity index is 1.60. The van der Waals surface area contributed by atoms with Crippen LogP contribution < -0.4 is 4.90 Å². The van der Waals surface area contributed by atoms with Gasteiger partial charge in [0.25, 0.3) is 11.7 Å². The zero-order valence-corrected chi connectivity index (χ0v) is 15.3. The highest BCUT2D eigenvalue weighted by Crippen LogP contribution is 2.47. The molecule has 1 aromatic rings. The van der Waals surface area contributed by atoms with Gasteiger partial charge >= 0.3 is 0 Å². The maximum atomic E-state index is 13.2. The second-order valence-corrected chi connectivity index (χ2v) is 9.40. The molecule has 0 N–H and O–H groups in total. The van der Waals surface area contributed by atoms with E-state index in [1.807, 2.05) is 0 Å². The molecule has 1 aliphatic carbocycles. The average molecular weight is 378 g/mol. The van der Waals surface area contributed by atoms with E-state index in [9.17, 15) is 13.2 Å². The van der Waals surface area contributed by atoms with Gasteiger partial charge in [0, 0.05) is 25.2 Å². The number of carbonyl (C=O) groups is 1. The normalized spacial score (nSPS) is 25.4. The van der Waals surface area contributed by atoms with Crippen LogP contribution in [0.1, 0.15) is 31.2 Å². The van der Waals surface area contributed by atoms with Crippen LogP contribution in [0.2, 0.25) is 0 Å². The quantitative estimate of drug-likeness (QED) is 0.792. The molecule has 1 aromatic carbocycles. The predicted molar refractivity (Wildman–Crippen MR) is 93.1 cm³/mol. The van der Waals surface area contributed by atoms with Gasteiger partial charge in [-0.3, -0.25) is 4.79 Å². The number of rotatable bonds is 4. The van der Waals surface area contributed by atoms with E-state index in [-0.39, 0.29) is 10.8 Å². The fourth-order valence-electron chi connectivity index (χ4n) is 3.80. The number of benzene rings is 1. The van der Waals surface area contributed by atoms with Crippen molar-refractivity contribution in [2.45, 2.75) is 36.4 Å². The first-order chi connectivity index (χ1) is 12.5. The van der Waals surface area contributed by atoms with Crippen LogP contribution in [-0.4, -0.2) is 51.5 Å². The SMILES string of the molecule is O=C1N(CC2CC2)c2ccc(S(=O)(=O)N3CCC3)cc2C12OCCCO2. The van der Waals surface area contributed by atoms with Crippen LogP contribution in [0.4, 0.5) is 5.69 Å². The molecule has 0 radical (unpaired) electrons. The summed E-state index contributed by atoms with van der Waals surface area (Å²) in [6.07, 6.45) is 3.84. The standard InChI is InChI=1S/C18H22N2O5S/c21-17-18(24-9-2-10-25-18)15-11-14(26(22,23)19-7-1-8-19)5-6-16(15)20(17)12-13-3-4-13/h5-6,11,13H,1-4,7-10,12H2. The predicted octanol–water partition coefficient (Wildman–Crippen LogP) is 1.43. The van der Waals surface area contributed by atoms with Gasteiger partial charge in [0.15, 0.2) is 0 Å². The molecule has 8 heteroatoms. The van der Waals surface area contributed by atoms with Gasteiger partial charge in [0.05, 0.1) is 23.8 Å². The lowest BCUT2D eigenvalue weighted by Gasteiger charge is -2.33. The molecule has 3 aliphatic heterocycles. The van der Waals surface area contributed by atoms with Gasteiger partial charge < -0.3 is 14.4 Å². The Hall–Kier alpha value is -1.48. The Morgan fingerprint density at radius 2 is 1.85 bits per heavy atom. The molecule has 0 atom stereocenters. The van der Waals surface area contributed by atoms with Crippen LogP contribution >= 0.6 is 0 Å². The van der Waals surface area contributed by atoms with Crippen LogP contribution in [0.15, 0.2) is 23.1 Å². The summed E-state index contributed by atoms with van der Waals surface area (Å²) in [7, 11) is -3.53. The molecule has 4 aliphatic rings. The molecule has 7 nitrogen and oxygen atoms in total. The molecular weight excluding hydrogens is 356 g/mol. The maximum absolute atomic E-state index is 13.2. The Bertz CT molecular complexity index is 854. The van der Waals surface area contributed by atoms with E-state index >= 15 is 0 Å². The van der Waals surface area contributed by atoms with E-state index in [0.717, 1.165) is 25.7 Å². The number of anilines is 1. The van der Waals surface area contributed by atoms with Crippen molar-refractivity contribution in [3.05, 3.63) is 23.8 Å². The van der Waals surface area contributed by atoms with E-state index in [0.29, 0.717) is 50.0 Å². The Morgan fingerprint density at radius 1 is 1.12 bits per heavy atom. The van der Waals surface area contributed by atoms with Crippen molar-refractivity contribution >= 4 is 21.6 Å². The van der Waals surface area contributed by atoms with Gasteiger partial charge in [-0.25, -0.2) is 8.42 Å². The Morgan fingerprint density at radius 3 is 2.46 bits per heavy atom. The summed E-state index contributed by atoms with van der Waals surface area (Å²) in [4.78, 5) is 15.1. The van der Waals surface area contributed by atoms with Crippen molar-refractivity contribution < 1.29 is 22.7 Å². The lowest BCUT2D eigenvalue weighted by atomic mass is 10.1. The minimum atomic E-state index is -3.53. The topological polar surface area (TPSA) is 76.2 Å². The molecular formula is C18H22N2O5S. The molecule has 2 saturated heterocycles. The molecule has 1 spiro atoms. The van der Waals surface area contributed by atoms with Gasteiger partial charge in [-0.15, -0.1) is 0 Å². The van der Waals surface area contributed by atoms with Crippen LogP contribution in [0.3, 0.4) is 0 Å². The number of nitrogens with zero attached hydrogens (tertiary/aromatic N) is 2. The molecule has 26 heavy (non-hydrogen) atoms. The summed E-state index contributed by atoms with van der Waals surface area (Å²) < 4.78 is 38.7. The summed E-state index contributed by atoms with van der Waals surface area (Å²) in [6, 6.07) is 4.92. The summed E-state index contributed by atoms with van der Waals surface area (Å²) in [5.41, 5.74) is 1.25. The van der Waals surface area contributed by atoms with E-state index in [2.05, 4.69) is 0 Å². The highest BCUT2D eigenvalue weighted by atomic mass is 32.2. The first-order valence-electron chi connectivity index (χ1n) is 9.27. The highest BCUT2D eigenvalue weighted by Gasteiger charge is 2.56. The first kappa shape index (κ1) is 16.7. The molecule has 0 unspecified atom stereocenters. The minimum absolute atomic E-state index is 0.203. The molecule has 0 aromatic heterocycles. The Kier molecular flexibility index (Phi) is 3.69. The lowest BCUT2D eigenvalue weighted by Crippen LogP contribution is -2.47. The van der Waals surface area contributed by atoms with Crippen LogP contribution in [0, 0.1) is 5.92 Å². The third kappa shape index (κ3) is 2.36. The molecule has 1 saturated carbocycles. The van der Waals surface area contributed by atoms with Crippen LogP contribution in [0.25, 0.3) is 0 Å². The van der Waals surface area contributed by atoms with E-state index < -0.39 is 15.8 Å². The van der Waals surface area contributed by atoms with Crippen LogP contribution in [0.5, 0.6) is 0 Å². The largest absolute Gasteiger partial charge is 0.338 e. The van der Waals surface area contributed by atoms with E-state index in [1.54, 1.807) is 23.1 Å². The molecule has 5 rings (SSSR count). The first-order valence-corrected chi connectivity index (χ1v) is 10.7. The van der Waals surface area contributed by atoms with Crippen molar-refractivity contribution in [3.8, 4) is 0 Å². The number of amides is 1. The van der Waals surface area contributed by atoms with Crippen molar-refractivity contribution in [2.24, 2.45) is 5.92 Å². The molecule has 1 amide bonds. The second kappa shape index (κ2) is 5.76. The summed E-state index contributed by atoms with van der Waals surface area (Å²) in [5.74, 6) is -1.20. The van der Waals surface area contributed by atoms with Crippen LogP contribution in [-0.2, 0) is 30.1 Å². The maximum Gasteiger partial charge on any atom is 0.292 e. The smallest absolute Gasteiger partial charge is 0.292 e. The molecule has 3 fully saturated rings. The van der Waals surface area contributed by atoms with Gasteiger partial charge in [0.1, 0.15) is 0 Å². The zero-order chi connectivity index (χ0) is 17.9. The van der Waals surface area contributed by atoms with Gasteiger partial charge in [-0.2, -0.15) is 4.31 Å². The fraction of sp³-hybridized carbons (Fsp3) is 0.611. The minimum Gasteiger partial charge on any atom is -0.338 e. The second-order valence-electron chi connectivity index (χ2n) is 7.46. The lowest BCUT2D eigenvalue weighted by molar-refractivity contribution is -0.256. The van der Waals surface area contributed by atoms with Gasteiger partial charge in [-0.1, -0.05) is 0 Å². The summed E-state index contributed by atoms with van der Waals surface area (Å²) in [5, 5.41) is 0.